The Morgan fingerprint density at radius 1 is 0.266 bits per heavy atom. The maximum absolute atomic E-state index is 6.27. The lowest BCUT2D eigenvalue weighted by atomic mass is 9.88. The van der Waals surface area contributed by atoms with Crippen LogP contribution in [0.25, 0.3) is 133 Å². The topological polar surface area (TPSA) is 65.0 Å². The van der Waals surface area contributed by atoms with Gasteiger partial charge in [0.05, 0.1) is 11.4 Å². The summed E-state index contributed by atoms with van der Waals surface area (Å²) in [6.45, 7) is 0. The maximum Gasteiger partial charge on any atom is 0.161 e. The average molecular weight is 818 g/mol. The number of para-hydroxylation sites is 2. The monoisotopic (exact) mass is 817 g/mol. The fraction of sp³-hybridized carbons (Fsp3) is 0. The maximum atomic E-state index is 6.27. The van der Waals surface area contributed by atoms with Gasteiger partial charge >= 0.3 is 0 Å². The molecule has 0 aliphatic heterocycles. The van der Waals surface area contributed by atoms with Crippen LogP contribution in [0.5, 0.6) is 0 Å². The van der Waals surface area contributed by atoms with Gasteiger partial charge < -0.3 is 8.83 Å². The minimum atomic E-state index is 0.662. The van der Waals surface area contributed by atoms with Crippen molar-refractivity contribution in [3.05, 3.63) is 213 Å². The number of hydrogen-bond donors (Lipinski definition) is 0. The lowest BCUT2D eigenvalue weighted by Gasteiger charge is -2.18. The standard InChI is InChI=1S/C59H35N3O2/c1-2-12-36(13-3-1)51-35-52(62-59(61-51)58-47-18-6-4-16-45(47)57(37-26-28-60-29-27-37)46-17-5-7-19-48(46)58)42-31-40(38-22-24-55-49(33-38)43-14-8-10-20-53(43)63-55)30-41(32-42)39-23-25-56-50(34-39)44-15-9-11-21-54(44)64-56/h1-35H. The lowest BCUT2D eigenvalue weighted by molar-refractivity contribution is 0.668. The Bertz CT molecular complexity index is 3770. The molecular formula is C59H35N3O2. The van der Waals surface area contributed by atoms with Crippen LogP contribution < -0.4 is 0 Å². The first-order valence-corrected chi connectivity index (χ1v) is 21.5. The second kappa shape index (κ2) is 14.5. The number of aromatic nitrogens is 3. The van der Waals surface area contributed by atoms with Crippen LogP contribution in [0.3, 0.4) is 0 Å². The zero-order chi connectivity index (χ0) is 42.1. The van der Waals surface area contributed by atoms with Crippen molar-refractivity contribution in [2.45, 2.75) is 0 Å². The van der Waals surface area contributed by atoms with Crippen molar-refractivity contribution in [1.82, 2.24) is 15.0 Å². The highest BCUT2D eigenvalue weighted by molar-refractivity contribution is 6.21. The Morgan fingerprint density at radius 2 is 0.703 bits per heavy atom. The zero-order valence-electron chi connectivity index (χ0n) is 34.4. The first kappa shape index (κ1) is 36.0. The molecule has 0 fully saturated rings. The Hall–Kier alpha value is -8.67. The van der Waals surface area contributed by atoms with Crippen LogP contribution in [0.1, 0.15) is 0 Å². The normalized spacial score (nSPS) is 11.8. The van der Waals surface area contributed by atoms with E-state index in [2.05, 4.69) is 175 Å². The predicted molar refractivity (Wildman–Crippen MR) is 262 cm³/mol. The van der Waals surface area contributed by atoms with Crippen LogP contribution in [-0.4, -0.2) is 15.0 Å². The van der Waals surface area contributed by atoms with Crippen LogP contribution in [0.4, 0.5) is 0 Å². The molecule has 64 heavy (non-hydrogen) atoms. The van der Waals surface area contributed by atoms with Gasteiger partial charge in [-0.05, 0) is 128 Å². The fourth-order valence-electron chi connectivity index (χ4n) is 9.58. The van der Waals surface area contributed by atoms with Crippen molar-refractivity contribution in [3.8, 4) is 67.3 Å². The third-order valence-corrected chi connectivity index (χ3v) is 12.6. The van der Waals surface area contributed by atoms with E-state index < -0.39 is 0 Å². The molecule has 13 rings (SSSR count). The van der Waals surface area contributed by atoms with Gasteiger partial charge in [0, 0.05) is 50.6 Å². The molecule has 13 aromatic rings. The van der Waals surface area contributed by atoms with Gasteiger partial charge in [-0.3, -0.25) is 4.98 Å². The molecule has 0 aliphatic rings. The first-order chi connectivity index (χ1) is 31.7. The van der Waals surface area contributed by atoms with E-state index in [0.717, 1.165) is 121 Å². The average Bonchev–Trinajstić information content (AvgIpc) is 3.93. The molecule has 0 radical (unpaired) electrons. The van der Waals surface area contributed by atoms with Gasteiger partial charge in [0.15, 0.2) is 5.82 Å². The van der Waals surface area contributed by atoms with Crippen LogP contribution in [0.2, 0.25) is 0 Å². The molecule has 0 N–H and O–H groups in total. The van der Waals surface area contributed by atoms with Crippen LogP contribution in [-0.2, 0) is 0 Å². The second-order valence-corrected chi connectivity index (χ2v) is 16.3. The summed E-state index contributed by atoms with van der Waals surface area (Å²) in [4.78, 5) is 15.4. The molecule has 0 amide bonds. The molecular weight excluding hydrogens is 783 g/mol. The smallest absolute Gasteiger partial charge is 0.161 e. The van der Waals surface area contributed by atoms with Crippen molar-refractivity contribution < 1.29 is 8.83 Å². The number of benzene rings is 9. The number of nitrogens with zero attached hydrogens (tertiary/aromatic N) is 3. The van der Waals surface area contributed by atoms with Crippen LogP contribution in [0.15, 0.2) is 221 Å². The zero-order valence-corrected chi connectivity index (χ0v) is 34.4. The molecule has 298 valence electrons. The molecule has 0 aliphatic carbocycles. The summed E-state index contributed by atoms with van der Waals surface area (Å²) in [5.41, 5.74) is 14.7. The number of fused-ring (bicyclic) bond motifs is 8. The molecule has 5 heteroatoms. The molecule has 0 spiro atoms. The first-order valence-electron chi connectivity index (χ1n) is 21.5. The molecule has 0 unspecified atom stereocenters. The summed E-state index contributed by atoms with van der Waals surface area (Å²) in [7, 11) is 0. The quantitative estimate of drug-likeness (QED) is 0.156. The van der Waals surface area contributed by atoms with Gasteiger partial charge in [0.2, 0.25) is 0 Å². The molecule has 4 heterocycles. The minimum Gasteiger partial charge on any atom is -0.456 e. The predicted octanol–water partition coefficient (Wildman–Crippen LogP) is 16.0. The summed E-state index contributed by atoms with van der Waals surface area (Å²) in [6.07, 6.45) is 3.72. The molecule has 4 aromatic heterocycles. The second-order valence-electron chi connectivity index (χ2n) is 16.3. The summed E-state index contributed by atoms with van der Waals surface area (Å²) in [5.74, 6) is 0.662. The number of pyridine rings is 1. The Kier molecular flexibility index (Phi) is 8.15. The minimum absolute atomic E-state index is 0.662. The largest absolute Gasteiger partial charge is 0.456 e. The molecule has 0 atom stereocenters. The van der Waals surface area contributed by atoms with Crippen molar-refractivity contribution >= 4 is 65.4 Å². The van der Waals surface area contributed by atoms with E-state index in [1.165, 1.54) is 5.56 Å². The number of rotatable bonds is 6. The van der Waals surface area contributed by atoms with Crippen molar-refractivity contribution in [2.75, 3.05) is 0 Å². The summed E-state index contributed by atoms with van der Waals surface area (Å²) < 4.78 is 12.5. The van der Waals surface area contributed by atoms with E-state index in [4.69, 9.17) is 18.8 Å². The van der Waals surface area contributed by atoms with E-state index in [0.29, 0.717) is 5.82 Å². The third-order valence-electron chi connectivity index (χ3n) is 12.6. The Morgan fingerprint density at radius 3 is 1.25 bits per heavy atom. The third kappa shape index (κ3) is 5.90. The lowest BCUT2D eigenvalue weighted by Crippen LogP contribution is -1.99. The van der Waals surface area contributed by atoms with E-state index in [1.807, 2.05) is 42.7 Å². The molecule has 5 nitrogen and oxygen atoms in total. The molecule has 0 saturated carbocycles. The highest BCUT2D eigenvalue weighted by Crippen LogP contribution is 2.44. The van der Waals surface area contributed by atoms with Gasteiger partial charge in [-0.25, -0.2) is 9.97 Å². The van der Waals surface area contributed by atoms with Crippen molar-refractivity contribution in [1.29, 1.82) is 0 Å². The van der Waals surface area contributed by atoms with Gasteiger partial charge in [-0.1, -0.05) is 127 Å². The summed E-state index contributed by atoms with van der Waals surface area (Å²) in [6, 6.07) is 70.2. The SMILES string of the molecule is c1ccc(-c2cc(-c3cc(-c4ccc5oc6ccccc6c5c4)cc(-c4ccc5oc6ccccc6c5c4)c3)nc(-c3c4ccccc4c(-c4ccncc4)c4ccccc34)n2)cc1. The fourth-order valence-corrected chi connectivity index (χ4v) is 9.58. The van der Waals surface area contributed by atoms with Crippen molar-refractivity contribution in [2.24, 2.45) is 0 Å². The highest BCUT2D eigenvalue weighted by Gasteiger charge is 2.21. The van der Waals surface area contributed by atoms with E-state index in [9.17, 15) is 0 Å². The van der Waals surface area contributed by atoms with Crippen LogP contribution >= 0.6 is 0 Å². The molecule has 9 aromatic carbocycles. The molecule has 0 saturated heterocycles. The summed E-state index contributed by atoms with van der Waals surface area (Å²) >= 11 is 0. The highest BCUT2D eigenvalue weighted by atomic mass is 16.3. The van der Waals surface area contributed by atoms with E-state index >= 15 is 0 Å². The van der Waals surface area contributed by atoms with E-state index in [-0.39, 0.29) is 0 Å². The Balaban J connectivity index is 1.08. The summed E-state index contributed by atoms with van der Waals surface area (Å²) in [5, 5.41) is 8.77. The van der Waals surface area contributed by atoms with Gasteiger partial charge in [-0.2, -0.15) is 0 Å². The van der Waals surface area contributed by atoms with Gasteiger partial charge in [0.25, 0.3) is 0 Å². The van der Waals surface area contributed by atoms with Gasteiger partial charge in [0.1, 0.15) is 22.3 Å². The number of hydrogen-bond acceptors (Lipinski definition) is 5. The molecule has 0 bridgehead atoms. The van der Waals surface area contributed by atoms with Crippen LogP contribution in [0, 0.1) is 0 Å². The van der Waals surface area contributed by atoms with E-state index in [1.54, 1.807) is 0 Å². The Labute approximate surface area is 367 Å². The van der Waals surface area contributed by atoms with Gasteiger partial charge in [-0.15, -0.1) is 0 Å². The van der Waals surface area contributed by atoms with Crippen molar-refractivity contribution in [3.63, 3.8) is 0 Å². The number of furan rings is 2.